The summed E-state index contributed by atoms with van der Waals surface area (Å²) in [5.74, 6) is -1.47. The molecule has 3 N–H and O–H groups in total. The van der Waals surface area contributed by atoms with Gasteiger partial charge in [-0.15, -0.1) is 0 Å². The normalized spacial score (nSPS) is 12.6. The SMILES string of the molecule is Cc1ccccc1NC(=O)C(c1cccc(C)c1O)N(CC#N)C(=O)C(C)NC(=O)OC(C)(C)C. The number of nitrogens with one attached hydrogen (secondary N) is 2. The summed E-state index contributed by atoms with van der Waals surface area (Å²) in [4.78, 5) is 40.2. The second-order valence-electron chi connectivity index (χ2n) is 9.21. The molecule has 0 radical (unpaired) electrons. The minimum absolute atomic E-state index is 0.157. The van der Waals surface area contributed by atoms with Crippen LogP contribution in [0.1, 0.15) is 50.4 Å². The van der Waals surface area contributed by atoms with E-state index >= 15 is 0 Å². The molecule has 0 aromatic heterocycles. The largest absolute Gasteiger partial charge is 0.507 e. The van der Waals surface area contributed by atoms with E-state index in [0.717, 1.165) is 10.5 Å². The van der Waals surface area contributed by atoms with Gasteiger partial charge in [-0.05, 0) is 58.7 Å². The average Bonchev–Trinajstić information content (AvgIpc) is 2.76. The highest BCUT2D eigenvalue weighted by atomic mass is 16.6. The number of anilines is 1. The number of phenols is 1. The monoisotopic (exact) mass is 480 g/mol. The van der Waals surface area contributed by atoms with E-state index in [2.05, 4.69) is 10.6 Å². The van der Waals surface area contributed by atoms with Crippen LogP contribution in [0, 0.1) is 25.2 Å². The van der Waals surface area contributed by atoms with Crippen molar-refractivity contribution in [2.45, 2.75) is 59.2 Å². The van der Waals surface area contributed by atoms with Crippen LogP contribution in [0.25, 0.3) is 0 Å². The molecule has 0 heterocycles. The van der Waals surface area contributed by atoms with Gasteiger partial charge >= 0.3 is 6.09 Å². The van der Waals surface area contributed by atoms with Crippen LogP contribution in [0.15, 0.2) is 42.5 Å². The van der Waals surface area contributed by atoms with Gasteiger partial charge < -0.3 is 25.4 Å². The van der Waals surface area contributed by atoms with Gasteiger partial charge in [0.05, 0.1) is 6.07 Å². The fourth-order valence-corrected chi connectivity index (χ4v) is 3.43. The highest BCUT2D eigenvalue weighted by molar-refractivity contribution is 5.99. The van der Waals surface area contributed by atoms with E-state index in [9.17, 15) is 24.8 Å². The van der Waals surface area contributed by atoms with Gasteiger partial charge in [-0.25, -0.2) is 4.79 Å². The van der Waals surface area contributed by atoms with E-state index in [0.29, 0.717) is 11.3 Å². The Morgan fingerprint density at radius 1 is 1.09 bits per heavy atom. The van der Waals surface area contributed by atoms with E-state index in [4.69, 9.17) is 4.74 Å². The van der Waals surface area contributed by atoms with Crippen molar-refractivity contribution < 1.29 is 24.2 Å². The highest BCUT2D eigenvalue weighted by Gasteiger charge is 2.36. The van der Waals surface area contributed by atoms with Crippen molar-refractivity contribution in [1.29, 1.82) is 5.26 Å². The molecule has 0 aliphatic carbocycles. The number of nitriles is 1. The van der Waals surface area contributed by atoms with Gasteiger partial charge in [0.15, 0.2) is 0 Å². The number of carbonyl (C=O) groups excluding carboxylic acids is 3. The zero-order chi connectivity index (χ0) is 26.3. The van der Waals surface area contributed by atoms with Gasteiger partial charge in [0, 0.05) is 11.3 Å². The van der Waals surface area contributed by atoms with Crippen molar-refractivity contribution in [3.8, 4) is 11.8 Å². The number of ether oxygens (including phenoxy) is 1. The molecule has 0 saturated heterocycles. The average molecular weight is 481 g/mol. The van der Waals surface area contributed by atoms with Crippen molar-refractivity contribution in [2.24, 2.45) is 0 Å². The molecular formula is C26H32N4O5. The lowest BCUT2D eigenvalue weighted by Crippen LogP contribution is -2.51. The van der Waals surface area contributed by atoms with Gasteiger partial charge in [-0.3, -0.25) is 9.59 Å². The fraction of sp³-hybridized carbons (Fsp3) is 0.385. The number of rotatable bonds is 7. The van der Waals surface area contributed by atoms with Crippen LogP contribution in [-0.4, -0.2) is 46.1 Å². The topological polar surface area (TPSA) is 132 Å². The first-order chi connectivity index (χ1) is 16.4. The van der Waals surface area contributed by atoms with Crippen LogP contribution < -0.4 is 10.6 Å². The second-order valence-corrected chi connectivity index (χ2v) is 9.21. The first-order valence-corrected chi connectivity index (χ1v) is 11.2. The second kappa shape index (κ2) is 11.4. The highest BCUT2D eigenvalue weighted by Crippen LogP contribution is 2.33. The molecule has 0 aliphatic rings. The Morgan fingerprint density at radius 2 is 1.71 bits per heavy atom. The molecule has 186 valence electrons. The fourth-order valence-electron chi connectivity index (χ4n) is 3.43. The third-order valence-corrected chi connectivity index (χ3v) is 5.15. The summed E-state index contributed by atoms with van der Waals surface area (Å²) in [5, 5.41) is 25.5. The van der Waals surface area contributed by atoms with Crippen molar-refractivity contribution in [1.82, 2.24) is 10.2 Å². The number of hydrogen-bond acceptors (Lipinski definition) is 6. The summed E-state index contributed by atoms with van der Waals surface area (Å²) >= 11 is 0. The summed E-state index contributed by atoms with van der Waals surface area (Å²) in [5.41, 5.74) is 1.21. The summed E-state index contributed by atoms with van der Waals surface area (Å²) in [6.07, 6.45) is -0.811. The molecule has 0 aliphatic heterocycles. The van der Waals surface area contributed by atoms with Gasteiger partial charge in [0.2, 0.25) is 5.91 Å². The van der Waals surface area contributed by atoms with Crippen molar-refractivity contribution in [3.05, 3.63) is 59.2 Å². The summed E-state index contributed by atoms with van der Waals surface area (Å²) in [6.45, 7) is 9.52. The third kappa shape index (κ3) is 7.21. The van der Waals surface area contributed by atoms with Crippen molar-refractivity contribution >= 4 is 23.6 Å². The Labute approximate surface area is 205 Å². The number of para-hydroxylation sites is 2. The zero-order valence-electron chi connectivity index (χ0n) is 20.9. The number of amides is 3. The van der Waals surface area contributed by atoms with Crippen LogP contribution in [0.3, 0.4) is 0 Å². The molecule has 0 saturated carbocycles. The summed E-state index contributed by atoms with van der Waals surface area (Å²) in [7, 11) is 0. The number of phenolic OH excluding ortho intramolecular Hbond substituents is 1. The maximum atomic E-state index is 13.5. The molecule has 9 nitrogen and oxygen atoms in total. The predicted octanol–water partition coefficient (Wildman–Crippen LogP) is 3.95. The van der Waals surface area contributed by atoms with E-state index < -0.39 is 42.1 Å². The Bertz CT molecular complexity index is 1130. The lowest BCUT2D eigenvalue weighted by atomic mass is 9.99. The molecule has 2 aromatic rings. The number of alkyl carbamates (subject to hydrolysis) is 1. The smallest absolute Gasteiger partial charge is 0.408 e. The zero-order valence-corrected chi connectivity index (χ0v) is 20.9. The van der Waals surface area contributed by atoms with Gasteiger partial charge in [-0.1, -0.05) is 36.4 Å². The number of nitrogens with zero attached hydrogens (tertiary/aromatic N) is 2. The van der Waals surface area contributed by atoms with E-state index in [-0.39, 0.29) is 11.3 Å². The van der Waals surface area contributed by atoms with E-state index in [1.54, 1.807) is 52.0 Å². The van der Waals surface area contributed by atoms with Crippen molar-refractivity contribution in [3.63, 3.8) is 0 Å². The molecule has 2 aromatic carbocycles. The molecule has 9 heteroatoms. The Balaban J connectivity index is 2.47. The maximum absolute atomic E-state index is 13.5. The number of carbonyl (C=O) groups is 3. The molecule has 0 bridgehead atoms. The lowest BCUT2D eigenvalue weighted by molar-refractivity contribution is -0.139. The number of hydrogen-bond donors (Lipinski definition) is 3. The van der Waals surface area contributed by atoms with Crippen LogP contribution >= 0.6 is 0 Å². The lowest BCUT2D eigenvalue weighted by Gasteiger charge is -2.32. The van der Waals surface area contributed by atoms with Gasteiger partial charge in [0.25, 0.3) is 5.91 Å². The molecule has 35 heavy (non-hydrogen) atoms. The third-order valence-electron chi connectivity index (χ3n) is 5.15. The van der Waals surface area contributed by atoms with Crippen LogP contribution in [0.2, 0.25) is 0 Å². The predicted molar refractivity (Wildman–Crippen MR) is 132 cm³/mol. The first-order valence-electron chi connectivity index (χ1n) is 11.2. The first kappa shape index (κ1) is 27.2. The molecule has 2 atom stereocenters. The van der Waals surface area contributed by atoms with Gasteiger partial charge in [-0.2, -0.15) is 5.26 Å². The number of benzene rings is 2. The molecule has 0 spiro atoms. The Hall–Kier alpha value is -4.06. The molecule has 2 rings (SSSR count). The van der Waals surface area contributed by atoms with E-state index in [1.807, 2.05) is 25.1 Å². The van der Waals surface area contributed by atoms with Crippen molar-refractivity contribution in [2.75, 3.05) is 11.9 Å². The molecular weight excluding hydrogens is 448 g/mol. The minimum Gasteiger partial charge on any atom is -0.507 e. The Kier molecular flexibility index (Phi) is 8.84. The maximum Gasteiger partial charge on any atom is 0.408 e. The summed E-state index contributed by atoms with van der Waals surface area (Å²) < 4.78 is 5.21. The standard InChI is InChI=1S/C26H32N4O5/c1-16-10-7-8-13-20(16)29-23(32)21(19-12-9-11-17(2)22(19)31)30(15-14-27)24(33)18(3)28-25(34)35-26(4,5)6/h7-13,18,21,31H,15H2,1-6H3,(H,28,34)(H,29,32). The quantitative estimate of drug-likeness (QED) is 0.514. The van der Waals surface area contributed by atoms with Crippen LogP contribution in [0.4, 0.5) is 10.5 Å². The molecule has 0 fully saturated rings. The summed E-state index contributed by atoms with van der Waals surface area (Å²) in [6, 6.07) is 11.4. The number of aromatic hydroxyl groups is 1. The molecule has 3 amide bonds. The van der Waals surface area contributed by atoms with E-state index in [1.165, 1.54) is 13.0 Å². The van der Waals surface area contributed by atoms with Gasteiger partial charge in [0.1, 0.15) is 30.0 Å². The number of aryl methyl sites for hydroxylation is 2. The van der Waals surface area contributed by atoms with Crippen LogP contribution in [0.5, 0.6) is 5.75 Å². The minimum atomic E-state index is -1.34. The molecule has 2 unspecified atom stereocenters. The van der Waals surface area contributed by atoms with Crippen LogP contribution in [-0.2, 0) is 14.3 Å². The Morgan fingerprint density at radius 3 is 2.31 bits per heavy atom.